The molecule has 0 aromatic heterocycles. The quantitative estimate of drug-likeness (QED) is 0.531. The van der Waals surface area contributed by atoms with E-state index in [9.17, 15) is 0 Å². The van der Waals surface area contributed by atoms with E-state index in [-0.39, 0.29) is 0 Å². The standard InChI is InChI=1S/C18H17FOSi/c1-20-17-12-13-18(16-11-7-6-10-15(16)17)21(2,19)14-8-4-3-5-9-14/h3-13H,1-2H3/t21-/m1/s1. The fourth-order valence-corrected chi connectivity index (χ4v) is 5.02. The van der Waals surface area contributed by atoms with Crippen LogP contribution in [0.15, 0.2) is 66.7 Å². The van der Waals surface area contributed by atoms with Crippen LogP contribution >= 0.6 is 0 Å². The van der Waals surface area contributed by atoms with Crippen molar-refractivity contribution in [3.8, 4) is 5.75 Å². The highest BCUT2D eigenvalue weighted by atomic mass is 28.4. The molecule has 21 heavy (non-hydrogen) atoms. The van der Waals surface area contributed by atoms with Crippen molar-refractivity contribution in [3.05, 3.63) is 66.7 Å². The molecule has 0 heterocycles. The third kappa shape index (κ3) is 2.34. The normalized spacial score (nSPS) is 13.9. The van der Waals surface area contributed by atoms with E-state index >= 15 is 4.11 Å². The van der Waals surface area contributed by atoms with Crippen molar-refractivity contribution >= 4 is 29.6 Å². The number of ether oxygens (including phenoxy) is 1. The van der Waals surface area contributed by atoms with Gasteiger partial charge in [-0.05, 0) is 28.4 Å². The largest absolute Gasteiger partial charge is 0.496 e. The van der Waals surface area contributed by atoms with Gasteiger partial charge in [0.05, 0.1) is 7.11 Å². The molecule has 0 aliphatic carbocycles. The molecular weight excluding hydrogens is 279 g/mol. The minimum atomic E-state index is -3.21. The van der Waals surface area contributed by atoms with Crippen LogP contribution in [0.5, 0.6) is 5.75 Å². The molecule has 0 unspecified atom stereocenters. The third-order valence-electron chi connectivity index (χ3n) is 3.93. The lowest BCUT2D eigenvalue weighted by Crippen LogP contribution is -2.52. The van der Waals surface area contributed by atoms with E-state index in [1.807, 2.05) is 66.7 Å². The Hall–Kier alpha value is -2.13. The van der Waals surface area contributed by atoms with Gasteiger partial charge in [-0.1, -0.05) is 60.7 Å². The minimum absolute atomic E-state index is 0.784. The van der Waals surface area contributed by atoms with Gasteiger partial charge in [0.25, 0.3) is 0 Å². The van der Waals surface area contributed by atoms with Crippen LogP contribution in [0.1, 0.15) is 0 Å². The monoisotopic (exact) mass is 296 g/mol. The third-order valence-corrected chi connectivity index (χ3v) is 6.79. The van der Waals surface area contributed by atoms with E-state index in [1.165, 1.54) is 0 Å². The van der Waals surface area contributed by atoms with Gasteiger partial charge in [0, 0.05) is 5.39 Å². The summed E-state index contributed by atoms with van der Waals surface area (Å²) >= 11 is 0. The number of hydrogen-bond acceptors (Lipinski definition) is 1. The molecule has 1 atom stereocenters. The molecule has 3 rings (SSSR count). The van der Waals surface area contributed by atoms with E-state index in [1.54, 1.807) is 13.7 Å². The lowest BCUT2D eigenvalue weighted by atomic mass is 10.1. The summed E-state index contributed by atoms with van der Waals surface area (Å²) in [5.74, 6) is 0.784. The van der Waals surface area contributed by atoms with Crippen LogP contribution in [0, 0.1) is 0 Å². The van der Waals surface area contributed by atoms with E-state index in [0.29, 0.717) is 0 Å². The molecule has 3 aromatic rings. The van der Waals surface area contributed by atoms with Crippen molar-refractivity contribution in [2.75, 3.05) is 7.11 Å². The summed E-state index contributed by atoms with van der Waals surface area (Å²) in [5, 5.41) is 3.49. The molecule has 0 saturated heterocycles. The molecule has 0 N–H and O–H groups in total. The average Bonchev–Trinajstić information content (AvgIpc) is 2.54. The number of rotatable bonds is 3. The number of benzene rings is 3. The highest BCUT2D eigenvalue weighted by Crippen LogP contribution is 2.25. The van der Waals surface area contributed by atoms with E-state index in [0.717, 1.165) is 26.9 Å². The van der Waals surface area contributed by atoms with E-state index in [2.05, 4.69) is 0 Å². The Morgan fingerprint density at radius 3 is 2.10 bits per heavy atom. The Labute approximate surface area is 125 Å². The van der Waals surface area contributed by atoms with E-state index < -0.39 is 8.41 Å². The first-order chi connectivity index (χ1) is 10.1. The molecule has 0 bridgehead atoms. The maximum atomic E-state index is 15.6. The first kappa shape index (κ1) is 13.8. The van der Waals surface area contributed by atoms with Crippen molar-refractivity contribution in [1.29, 1.82) is 0 Å². The van der Waals surface area contributed by atoms with Gasteiger partial charge < -0.3 is 8.84 Å². The summed E-state index contributed by atoms with van der Waals surface area (Å²) < 4.78 is 21.0. The topological polar surface area (TPSA) is 9.23 Å². The molecule has 3 heteroatoms. The summed E-state index contributed by atoms with van der Waals surface area (Å²) in [6.07, 6.45) is 0. The molecule has 0 saturated carbocycles. The Morgan fingerprint density at radius 2 is 1.43 bits per heavy atom. The molecule has 0 fully saturated rings. The summed E-state index contributed by atoms with van der Waals surface area (Å²) in [6.45, 7) is 1.75. The lowest BCUT2D eigenvalue weighted by Gasteiger charge is -2.21. The summed E-state index contributed by atoms with van der Waals surface area (Å²) in [7, 11) is -1.57. The summed E-state index contributed by atoms with van der Waals surface area (Å²) in [6, 6.07) is 21.1. The smallest absolute Gasteiger partial charge is 0.306 e. The molecule has 3 aromatic carbocycles. The van der Waals surface area contributed by atoms with Gasteiger partial charge in [0.15, 0.2) is 0 Å². The van der Waals surface area contributed by atoms with Gasteiger partial charge in [-0.25, -0.2) is 0 Å². The van der Waals surface area contributed by atoms with Gasteiger partial charge >= 0.3 is 8.41 Å². The average molecular weight is 296 g/mol. The highest BCUT2D eigenvalue weighted by Gasteiger charge is 2.34. The van der Waals surface area contributed by atoms with Crippen molar-refractivity contribution in [2.24, 2.45) is 0 Å². The predicted octanol–water partition coefficient (Wildman–Crippen LogP) is 3.51. The van der Waals surface area contributed by atoms with Crippen LogP contribution in [-0.4, -0.2) is 15.5 Å². The van der Waals surface area contributed by atoms with Crippen LogP contribution in [0.2, 0.25) is 6.55 Å². The molecule has 0 spiro atoms. The predicted molar refractivity (Wildman–Crippen MR) is 88.9 cm³/mol. The summed E-state index contributed by atoms with van der Waals surface area (Å²) in [5.41, 5.74) is 0. The van der Waals surface area contributed by atoms with Crippen LogP contribution in [-0.2, 0) is 0 Å². The second kappa shape index (κ2) is 5.33. The van der Waals surface area contributed by atoms with Crippen LogP contribution in [0.25, 0.3) is 10.8 Å². The zero-order chi connectivity index (χ0) is 14.9. The number of fused-ring (bicyclic) bond motifs is 1. The van der Waals surface area contributed by atoms with Crippen LogP contribution in [0.3, 0.4) is 0 Å². The fourth-order valence-electron chi connectivity index (χ4n) is 2.77. The zero-order valence-corrected chi connectivity index (χ0v) is 13.1. The molecule has 1 nitrogen and oxygen atoms in total. The Bertz CT molecular complexity index is 769. The van der Waals surface area contributed by atoms with Crippen molar-refractivity contribution in [1.82, 2.24) is 0 Å². The molecule has 0 amide bonds. The lowest BCUT2D eigenvalue weighted by molar-refractivity contribution is 0.420. The van der Waals surface area contributed by atoms with E-state index in [4.69, 9.17) is 4.74 Å². The molecule has 0 aliphatic heterocycles. The highest BCUT2D eigenvalue weighted by molar-refractivity contribution is 6.97. The molecule has 0 aliphatic rings. The van der Waals surface area contributed by atoms with Gasteiger partial charge in [-0.15, -0.1) is 0 Å². The fraction of sp³-hybridized carbons (Fsp3) is 0.111. The SMILES string of the molecule is COc1ccc([Si@](C)(F)c2ccccc2)c2ccccc12. The Kier molecular flexibility index (Phi) is 3.51. The Morgan fingerprint density at radius 1 is 0.810 bits per heavy atom. The first-order valence-corrected chi connectivity index (χ1v) is 9.33. The van der Waals surface area contributed by atoms with Gasteiger partial charge in [0.2, 0.25) is 0 Å². The van der Waals surface area contributed by atoms with Crippen LogP contribution < -0.4 is 15.1 Å². The summed E-state index contributed by atoms with van der Waals surface area (Å²) in [4.78, 5) is 0. The minimum Gasteiger partial charge on any atom is -0.496 e. The Balaban J connectivity index is 2.26. The number of methoxy groups -OCH3 is 1. The van der Waals surface area contributed by atoms with Gasteiger partial charge in [-0.2, -0.15) is 0 Å². The van der Waals surface area contributed by atoms with Crippen molar-refractivity contribution in [2.45, 2.75) is 6.55 Å². The molecule has 0 radical (unpaired) electrons. The molecular formula is C18H17FOSi. The number of halogens is 1. The zero-order valence-electron chi connectivity index (χ0n) is 12.1. The first-order valence-electron chi connectivity index (χ1n) is 6.95. The van der Waals surface area contributed by atoms with Gasteiger partial charge in [-0.3, -0.25) is 0 Å². The van der Waals surface area contributed by atoms with Gasteiger partial charge in [0.1, 0.15) is 5.75 Å². The maximum Gasteiger partial charge on any atom is 0.306 e. The second-order valence-electron chi connectivity index (χ2n) is 5.23. The number of hydrogen-bond donors (Lipinski definition) is 0. The van der Waals surface area contributed by atoms with Crippen LogP contribution in [0.4, 0.5) is 4.11 Å². The van der Waals surface area contributed by atoms with Crippen molar-refractivity contribution in [3.63, 3.8) is 0 Å². The maximum absolute atomic E-state index is 15.6. The second-order valence-corrected chi connectivity index (χ2v) is 8.35. The molecule has 106 valence electrons. The van der Waals surface area contributed by atoms with Crippen molar-refractivity contribution < 1.29 is 8.84 Å².